The lowest BCUT2D eigenvalue weighted by Crippen LogP contribution is -2.32. The van der Waals surface area contributed by atoms with Gasteiger partial charge in [-0.15, -0.1) is 12.4 Å². The molecule has 2 N–H and O–H groups in total. The van der Waals surface area contributed by atoms with Crippen molar-refractivity contribution in [3.63, 3.8) is 0 Å². The molecule has 1 saturated heterocycles. The van der Waals surface area contributed by atoms with Crippen LogP contribution in [-0.4, -0.2) is 28.8 Å². The topological polar surface area (TPSA) is 68.2 Å². The van der Waals surface area contributed by atoms with Gasteiger partial charge in [0.05, 0.1) is 6.04 Å². The van der Waals surface area contributed by atoms with Crippen molar-refractivity contribution in [3.8, 4) is 11.5 Å². The van der Waals surface area contributed by atoms with Crippen LogP contribution in [0.5, 0.6) is 11.5 Å². The molecule has 1 amide bonds. The van der Waals surface area contributed by atoms with Crippen molar-refractivity contribution < 1.29 is 13.9 Å². The fraction of sp³-hybridized carbons (Fsp3) is 0.273. The maximum atomic E-state index is 12.9. The Hall–Kier alpha value is -2.90. The van der Waals surface area contributed by atoms with Crippen LogP contribution in [-0.2, 0) is 6.54 Å². The van der Waals surface area contributed by atoms with Crippen LogP contribution in [0.15, 0.2) is 60.8 Å². The van der Waals surface area contributed by atoms with E-state index in [4.69, 9.17) is 4.74 Å². The normalized spacial score (nSPS) is 15.8. The van der Waals surface area contributed by atoms with E-state index in [1.165, 1.54) is 12.1 Å². The summed E-state index contributed by atoms with van der Waals surface area (Å²) in [6.45, 7) is 2.32. The van der Waals surface area contributed by atoms with Crippen LogP contribution in [0.4, 0.5) is 4.39 Å². The minimum Gasteiger partial charge on any atom is -0.457 e. The van der Waals surface area contributed by atoms with Crippen molar-refractivity contribution in [2.75, 3.05) is 13.1 Å². The van der Waals surface area contributed by atoms with Crippen molar-refractivity contribution in [3.05, 3.63) is 77.9 Å². The lowest BCUT2D eigenvalue weighted by atomic mass is 10.1. The monoisotopic (exact) mass is 430 g/mol. The minimum absolute atomic E-state index is 0. The van der Waals surface area contributed by atoms with E-state index < -0.39 is 0 Å². The third kappa shape index (κ3) is 5.58. The predicted octanol–water partition coefficient (Wildman–Crippen LogP) is 4.09. The van der Waals surface area contributed by atoms with Crippen molar-refractivity contribution in [1.82, 2.24) is 20.4 Å². The Morgan fingerprint density at radius 3 is 2.50 bits per heavy atom. The molecule has 1 aromatic heterocycles. The van der Waals surface area contributed by atoms with Gasteiger partial charge < -0.3 is 15.4 Å². The van der Waals surface area contributed by atoms with E-state index in [-0.39, 0.29) is 24.1 Å². The second-order valence-corrected chi connectivity index (χ2v) is 7.06. The van der Waals surface area contributed by atoms with E-state index in [1.807, 2.05) is 35.1 Å². The van der Waals surface area contributed by atoms with Crippen molar-refractivity contribution in [2.24, 2.45) is 0 Å². The molecule has 2 heterocycles. The molecule has 0 radical (unpaired) electrons. The van der Waals surface area contributed by atoms with Gasteiger partial charge in [-0.2, -0.15) is 5.10 Å². The Balaban J connectivity index is 0.00000256. The number of piperidine rings is 1. The highest BCUT2D eigenvalue weighted by molar-refractivity contribution is 5.92. The van der Waals surface area contributed by atoms with E-state index >= 15 is 0 Å². The van der Waals surface area contributed by atoms with Crippen LogP contribution < -0.4 is 15.4 Å². The molecule has 0 bridgehead atoms. The lowest BCUT2D eigenvalue weighted by molar-refractivity contribution is 0.0944. The zero-order chi connectivity index (χ0) is 20.1. The van der Waals surface area contributed by atoms with Crippen molar-refractivity contribution in [2.45, 2.75) is 25.4 Å². The molecule has 8 heteroatoms. The molecule has 2 aromatic carbocycles. The maximum absolute atomic E-state index is 12.9. The molecular weight excluding hydrogens is 407 g/mol. The fourth-order valence-corrected chi connectivity index (χ4v) is 3.31. The third-order valence-corrected chi connectivity index (χ3v) is 4.91. The first-order valence-electron chi connectivity index (χ1n) is 9.74. The van der Waals surface area contributed by atoms with E-state index in [9.17, 15) is 9.18 Å². The quantitative estimate of drug-likeness (QED) is 0.618. The summed E-state index contributed by atoms with van der Waals surface area (Å²) in [7, 11) is 0. The molecule has 1 fully saturated rings. The summed E-state index contributed by atoms with van der Waals surface area (Å²) >= 11 is 0. The molecular formula is C22H24ClFN4O2. The first kappa shape index (κ1) is 21.8. The number of hydrogen-bond donors (Lipinski definition) is 2. The SMILES string of the molecule is Cl.O=C(NCc1ccc(Oc2ccc(F)cc2)cc1)c1ccn(C2CCCNC2)n1. The van der Waals surface area contributed by atoms with E-state index in [2.05, 4.69) is 15.7 Å². The number of carbonyl (C=O) groups excluding carboxylic acids is 1. The van der Waals surface area contributed by atoms with Crippen molar-refractivity contribution in [1.29, 1.82) is 0 Å². The number of rotatable bonds is 6. The average molecular weight is 431 g/mol. The van der Waals surface area contributed by atoms with Crippen LogP contribution >= 0.6 is 12.4 Å². The van der Waals surface area contributed by atoms with Crippen LogP contribution in [0, 0.1) is 5.82 Å². The van der Waals surface area contributed by atoms with Gasteiger partial charge in [0, 0.05) is 19.3 Å². The minimum atomic E-state index is -0.302. The second-order valence-electron chi connectivity index (χ2n) is 7.06. The number of nitrogens with zero attached hydrogens (tertiary/aromatic N) is 2. The zero-order valence-corrected chi connectivity index (χ0v) is 17.2. The number of hydrogen-bond acceptors (Lipinski definition) is 4. The number of halogens is 2. The number of aromatic nitrogens is 2. The summed E-state index contributed by atoms with van der Waals surface area (Å²) in [5.74, 6) is 0.713. The van der Waals surface area contributed by atoms with Gasteiger partial charge in [-0.1, -0.05) is 12.1 Å². The zero-order valence-electron chi connectivity index (χ0n) is 16.4. The summed E-state index contributed by atoms with van der Waals surface area (Å²) in [4.78, 5) is 12.4. The smallest absolute Gasteiger partial charge is 0.272 e. The molecule has 0 aliphatic carbocycles. The van der Waals surface area contributed by atoms with Crippen molar-refractivity contribution >= 4 is 18.3 Å². The van der Waals surface area contributed by atoms with Gasteiger partial charge in [-0.05, 0) is 67.4 Å². The number of amides is 1. The number of carbonyl (C=O) groups is 1. The van der Waals surface area contributed by atoms with E-state index in [0.717, 1.165) is 31.5 Å². The Bertz CT molecular complexity index is 954. The fourth-order valence-electron chi connectivity index (χ4n) is 3.31. The molecule has 1 atom stereocenters. The van der Waals surface area contributed by atoms with Crippen LogP contribution in [0.25, 0.3) is 0 Å². The molecule has 158 valence electrons. The summed E-state index contributed by atoms with van der Waals surface area (Å²) in [5, 5.41) is 10.7. The number of ether oxygens (including phenoxy) is 1. The highest BCUT2D eigenvalue weighted by Gasteiger charge is 2.17. The molecule has 30 heavy (non-hydrogen) atoms. The van der Waals surface area contributed by atoms with Gasteiger partial charge in [0.15, 0.2) is 0 Å². The number of benzene rings is 2. The van der Waals surface area contributed by atoms with Gasteiger partial charge >= 0.3 is 0 Å². The van der Waals surface area contributed by atoms with E-state index in [1.54, 1.807) is 18.2 Å². The standard InChI is InChI=1S/C22H23FN4O2.ClH/c23-17-5-9-20(10-6-17)29-19-7-3-16(4-8-19)14-25-22(28)21-11-13-27(26-21)18-2-1-12-24-15-18;/h3-11,13,18,24H,1-2,12,14-15H2,(H,25,28);1H. The highest BCUT2D eigenvalue weighted by atomic mass is 35.5. The Morgan fingerprint density at radius 2 is 1.83 bits per heavy atom. The van der Waals surface area contributed by atoms with Gasteiger partial charge in [-0.3, -0.25) is 9.48 Å². The molecule has 3 aromatic rings. The third-order valence-electron chi connectivity index (χ3n) is 4.91. The predicted molar refractivity (Wildman–Crippen MR) is 115 cm³/mol. The molecule has 1 aliphatic heterocycles. The molecule has 0 spiro atoms. The van der Waals surface area contributed by atoms with Crippen LogP contribution in [0.3, 0.4) is 0 Å². The Kier molecular flexibility index (Phi) is 7.43. The molecule has 0 saturated carbocycles. The lowest BCUT2D eigenvalue weighted by Gasteiger charge is -2.22. The van der Waals surface area contributed by atoms with E-state index in [0.29, 0.717) is 29.8 Å². The maximum Gasteiger partial charge on any atom is 0.272 e. The largest absolute Gasteiger partial charge is 0.457 e. The Labute approximate surface area is 180 Å². The van der Waals surface area contributed by atoms with Gasteiger partial charge in [0.25, 0.3) is 5.91 Å². The first-order valence-corrected chi connectivity index (χ1v) is 9.74. The molecule has 6 nitrogen and oxygen atoms in total. The molecule has 1 aliphatic rings. The molecule has 1 unspecified atom stereocenters. The first-order chi connectivity index (χ1) is 14.2. The summed E-state index contributed by atoms with van der Waals surface area (Å²) in [6.07, 6.45) is 4.06. The van der Waals surface area contributed by atoms with Gasteiger partial charge in [0.2, 0.25) is 0 Å². The second kappa shape index (κ2) is 10.2. The highest BCUT2D eigenvalue weighted by Crippen LogP contribution is 2.22. The number of nitrogens with one attached hydrogen (secondary N) is 2. The van der Waals surface area contributed by atoms with Crippen LogP contribution in [0.1, 0.15) is 34.9 Å². The summed E-state index contributed by atoms with van der Waals surface area (Å²) in [6, 6.07) is 15.3. The van der Waals surface area contributed by atoms with Gasteiger partial charge in [-0.25, -0.2) is 4.39 Å². The Morgan fingerprint density at radius 1 is 1.13 bits per heavy atom. The van der Waals surface area contributed by atoms with Gasteiger partial charge in [0.1, 0.15) is 23.0 Å². The summed E-state index contributed by atoms with van der Waals surface area (Å²) < 4.78 is 20.5. The average Bonchev–Trinajstić information content (AvgIpc) is 3.26. The van der Waals surface area contributed by atoms with Crippen LogP contribution in [0.2, 0.25) is 0 Å². The summed E-state index contributed by atoms with van der Waals surface area (Å²) in [5.41, 5.74) is 1.37. The molecule has 4 rings (SSSR count).